The molecule has 2 rings (SSSR count). The molecular formula is C22H18Br2Cl2O6. The fraction of sp³-hybridized carbons (Fsp3) is 0.182. The van der Waals surface area contributed by atoms with Crippen LogP contribution < -0.4 is 9.47 Å². The van der Waals surface area contributed by atoms with Gasteiger partial charge in [0.05, 0.1) is 13.2 Å². The van der Waals surface area contributed by atoms with Crippen LogP contribution in [-0.2, 0) is 19.1 Å². The van der Waals surface area contributed by atoms with Crippen molar-refractivity contribution in [3.8, 4) is 11.5 Å². The highest BCUT2D eigenvalue weighted by atomic mass is 79.9. The molecule has 0 atom stereocenters. The molecule has 170 valence electrons. The van der Waals surface area contributed by atoms with Gasteiger partial charge < -0.3 is 18.9 Å². The molecule has 0 aliphatic heterocycles. The summed E-state index contributed by atoms with van der Waals surface area (Å²) in [6.07, 6.45) is 0. The molecule has 0 saturated carbocycles. The van der Waals surface area contributed by atoms with Crippen LogP contribution in [0.5, 0.6) is 11.5 Å². The maximum atomic E-state index is 12.8. The van der Waals surface area contributed by atoms with Gasteiger partial charge in [-0.05, 0) is 85.6 Å². The Labute approximate surface area is 212 Å². The van der Waals surface area contributed by atoms with Crippen molar-refractivity contribution in [2.45, 2.75) is 13.8 Å². The number of carbonyl (C=O) groups excluding carboxylic acids is 2. The molecular weight excluding hydrogens is 591 g/mol. The second kappa shape index (κ2) is 12.9. The third kappa shape index (κ3) is 7.55. The fourth-order valence-corrected chi connectivity index (χ4v) is 3.33. The van der Waals surface area contributed by atoms with Crippen LogP contribution in [0.4, 0.5) is 0 Å². The van der Waals surface area contributed by atoms with Gasteiger partial charge in [0.1, 0.15) is 22.6 Å². The minimum absolute atomic E-state index is 0.0199. The van der Waals surface area contributed by atoms with E-state index in [1.165, 1.54) is 0 Å². The molecule has 10 heteroatoms. The van der Waals surface area contributed by atoms with Gasteiger partial charge in [-0.25, -0.2) is 9.59 Å². The molecule has 0 N–H and O–H groups in total. The maximum absolute atomic E-state index is 12.8. The minimum Gasteiger partial charge on any atom is -0.462 e. The van der Waals surface area contributed by atoms with Gasteiger partial charge in [-0.2, -0.15) is 0 Å². The molecule has 0 bridgehead atoms. The van der Waals surface area contributed by atoms with Crippen LogP contribution in [0, 0.1) is 0 Å². The molecule has 0 saturated heterocycles. The zero-order valence-electron chi connectivity index (χ0n) is 17.0. The number of halogens is 4. The molecule has 0 spiro atoms. The normalized spacial score (nSPS) is 12.3. The van der Waals surface area contributed by atoms with Gasteiger partial charge in [-0.1, -0.05) is 31.9 Å². The number of rotatable bonds is 9. The van der Waals surface area contributed by atoms with Crippen molar-refractivity contribution in [3.05, 3.63) is 79.1 Å². The summed E-state index contributed by atoms with van der Waals surface area (Å²) < 4.78 is 23.0. The van der Waals surface area contributed by atoms with E-state index in [-0.39, 0.29) is 13.2 Å². The van der Waals surface area contributed by atoms with E-state index < -0.39 is 33.5 Å². The van der Waals surface area contributed by atoms with E-state index in [0.717, 1.165) is 8.95 Å². The number of carbonyl (C=O) groups is 2. The fourth-order valence-electron chi connectivity index (χ4n) is 2.28. The Bertz CT molecular complexity index is 934. The molecule has 32 heavy (non-hydrogen) atoms. The highest BCUT2D eigenvalue weighted by Gasteiger charge is 2.32. The maximum Gasteiger partial charge on any atom is 0.343 e. The number of ether oxygens (including phenoxy) is 4. The Morgan fingerprint density at radius 3 is 1.28 bits per heavy atom. The van der Waals surface area contributed by atoms with E-state index in [1.54, 1.807) is 62.4 Å². The van der Waals surface area contributed by atoms with Crippen LogP contribution in [0.25, 0.3) is 0 Å². The van der Waals surface area contributed by atoms with Crippen molar-refractivity contribution in [3.63, 3.8) is 0 Å². The van der Waals surface area contributed by atoms with E-state index in [4.69, 9.17) is 42.1 Å². The van der Waals surface area contributed by atoms with Crippen LogP contribution in [-0.4, -0.2) is 25.2 Å². The molecule has 0 amide bonds. The standard InChI is InChI=1S/C22H18Br2Cl2O6/c1-3-29-21(27)17(19(25)31-15-9-5-13(23)6-10-15)18(22(28)30-4-2)20(26)32-16-11-7-14(24)8-12-16/h5-12H,3-4H2,1-2H3/b19-17+,20-18+. The molecule has 2 aromatic rings. The summed E-state index contributed by atoms with van der Waals surface area (Å²) in [4.78, 5) is 25.5. The van der Waals surface area contributed by atoms with Crippen molar-refractivity contribution in [2.24, 2.45) is 0 Å². The zero-order valence-corrected chi connectivity index (χ0v) is 21.7. The third-order valence-electron chi connectivity index (χ3n) is 3.64. The average Bonchev–Trinajstić information content (AvgIpc) is 2.75. The molecule has 6 nitrogen and oxygen atoms in total. The van der Waals surface area contributed by atoms with E-state index in [2.05, 4.69) is 31.9 Å². The Balaban J connectivity index is 2.59. The number of hydrogen-bond acceptors (Lipinski definition) is 6. The summed E-state index contributed by atoms with van der Waals surface area (Å²) in [6, 6.07) is 13.3. The minimum atomic E-state index is -0.935. The van der Waals surface area contributed by atoms with Gasteiger partial charge in [0.2, 0.25) is 10.4 Å². The summed E-state index contributed by atoms with van der Waals surface area (Å²) in [5.41, 5.74) is -0.867. The molecule has 0 aromatic heterocycles. The molecule has 0 fully saturated rings. The van der Waals surface area contributed by atoms with E-state index in [1.807, 2.05) is 0 Å². The second-order valence-corrected chi connectivity index (χ2v) is 8.37. The molecule has 2 aromatic carbocycles. The molecule has 0 aliphatic rings. The lowest BCUT2D eigenvalue weighted by atomic mass is 10.1. The lowest BCUT2D eigenvalue weighted by Crippen LogP contribution is -2.21. The molecule has 0 heterocycles. The van der Waals surface area contributed by atoms with Gasteiger partial charge in [0, 0.05) is 8.95 Å². The lowest BCUT2D eigenvalue weighted by Gasteiger charge is -2.15. The van der Waals surface area contributed by atoms with Crippen molar-refractivity contribution in [1.82, 2.24) is 0 Å². The summed E-state index contributed by atoms with van der Waals surface area (Å²) in [5, 5.41) is -0.877. The number of esters is 2. The first-order valence-electron chi connectivity index (χ1n) is 9.27. The van der Waals surface area contributed by atoms with Crippen LogP contribution in [0.15, 0.2) is 79.1 Å². The van der Waals surface area contributed by atoms with E-state index in [0.29, 0.717) is 11.5 Å². The monoisotopic (exact) mass is 606 g/mol. The number of hydrogen-bond donors (Lipinski definition) is 0. The first-order valence-corrected chi connectivity index (χ1v) is 11.6. The lowest BCUT2D eigenvalue weighted by molar-refractivity contribution is -0.142. The highest BCUT2D eigenvalue weighted by molar-refractivity contribution is 9.10. The van der Waals surface area contributed by atoms with E-state index in [9.17, 15) is 9.59 Å². The van der Waals surface area contributed by atoms with Crippen LogP contribution >= 0.6 is 55.1 Å². The zero-order chi connectivity index (χ0) is 23.7. The summed E-state index contributed by atoms with van der Waals surface area (Å²) in [5.74, 6) is -1.24. The Kier molecular flexibility index (Phi) is 10.6. The van der Waals surface area contributed by atoms with E-state index >= 15 is 0 Å². The quantitative estimate of drug-likeness (QED) is 0.137. The van der Waals surface area contributed by atoms with Crippen molar-refractivity contribution in [2.75, 3.05) is 13.2 Å². The van der Waals surface area contributed by atoms with Crippen LogP contribution in [0.2, 0.25) is 0 Å². The Hall–Kier alpha value is -2.00. The van der Waals surface area contributed by atoms with Gasteiger partial charge >= 0.3 is 11.9 Å². The second-order valence-electron chi connectivity index (χ2n) is 5.85. The first-order chi connectivity index (χ1) is 15.3. The SMILES string of the molecule is CCOC(=O)C(=C(\Cl)Oc1ccc(Br)cc1)/C(C(=O)OCC)=C(/Cl)Oc1ccc(Br)cc1. The largest absolute Gasteiger partial charge is 0.462 e. The summed E-state index contributed by atoms with van der Waals surface area (Å²) in [6.45, 7) is 3.25. The third-order valence-corrected chi connectivity index (χ3v) is 5.23. The van der Waals surface area contributed by atoms with Crippen LogP contribution in [0.3, 0.4) is 0 Å². The smallest absolute Gasteiger partial charge is 0.343 e. The average molecular weight is 609 g/mol. The van der Waals surface area contributed by atoms with Gasteiger partial charge in [-0.3, -0.25) is 0 Å². The van der Waals surface area contributed by atoms with Crippen molar-refractivity contribution < 1.29 is 28.5 Å². The predicted octanol–water partition coefficient (Wildman–Crippen LogP) is 6.70. The van der Waals surface area contributed by atoms with Gasteiger partial charge in [-0.15, -0.1) is 0 Å². The highest BCUT2D eigenvalue weighted by Crippen LogP contribution is 2.30. The topological polar surface area (TPSA) is 71.1 Å². The van der Waals surface area contributed by atoms with Gasteiger partial charge in [0.25, 0.3) is 0 Å². The Morgan fingerprint density at radius 2 is 1.00 bits per heavy atom. The Morgan fingerprint density at radius 1 is 0.688 bits per heavy atom. The van der Waals surface area contributed by atoms with Crippen molar-refractivity contribution >= 4 is 67.0 Å². The molecule has 0 unspecified atom stereocenters. The van der Waals surface area contributed by atoms with Gasteiger partial charge in [0.15, 0.2) is 0 Å². The van der Waals surface area contributed by atoms with Crippen LogP contribution in [0.1, 0.15) is 13.8 Å². The van der Waals surface area contributed by atoms with Crippen molar-refractivity contribution in [1.29, 1.82) is 0 Å². The number of benzene rings is 2. The molecule has 0 radical (unpaired) electrons. The summed E-state index contributed by atoms with van der Waals surface area (Å²) in [7, 11) is 0. The first kappa shape index (κ1) is 26.3. The summed E-state index contributed by atoms with van der Waals surface area (Å²) >= 11 is 19.3. The predicted molar refractivity (Wildman–Crippen MR) is 129 cm³/mol. The molecule has 0 aliphatic carbocycles.